The second-order valence-electron chi connectivity index (χ2n) is 8.70. The van der Waals surface area contributed by atoms with Crippen LogP contribution < -0.4 is 0 Å². The molecule has 176 valence electrons. The molecule has 2 unspecified atom stereocenters. The smallest absolute Gasteiger partial charge is 0.166 e. The molecule has 0 saturated carbocycles. The maximum Gasteiger partial charge on any atom is 0.166 e. The van der Waals surface area contributed by atoms with Crippen LogP contribution >= 0.6 is 0 Å². The van der Waals surface area contributed by atoms with E-state index in [1.54, 1.807) is 42.5 Å². The molecule has 1 aliphatic heterocycles. The minimum absolute atomic E-state index is 0.111. The zero-order valence-electron chi connectivity index (χ0n) is 19.4. The normalized spacial score (nSPS) is 18.4. The maximum atomic E-state index is 15.0. The first-order chi connectivity index (χ1) is 16.5. The molecule has 0 radical (unpaired) electrons. The van der Waals surface area contributed by atoms with E-state index in [2.05, 4.69) is 6.58 Å². The van der Waals surface area contributed by atoms with Gasteiger partial charge in [-0.1, -0.05) is 73.7 Å². The van der Waals surface area contributed by atoms with Crippen LogP contribution in [0.5, 0.6) is 0 Å². The van der Waals surface area contributed by atoms with Crippen molar-refractivity contribution in [2.45, 2.75) is 38.7 Å². The third-order valence-corrected chi connectivity index (χ3v) is 6.42. The second kappa shape index (κ2) is 10.9. The van der Waals surface area contributed by atoms with Gasteiger partial charge >= 0.3 is 0 Å². The lowest BCUT2D eigenvalue weighted by Crippen LogP contribution is -2.19. The molecule has 0 spiro atoms. The molecule has 4 rings (SSSR count). The zero-order chi connectivity index (χ0) is 24.1. The monoisotopic (exact) mass is 462 g/mol. The number of hydrogen-bond donors (Lipinski definition) is 0. The van der Waals surface area contributed by atoms with Gasteiger partial charge in [0, 0.05) is 17.0 Å². The van der Waals surface area contributed by atoms with Crippen molar-refractivity contribution < 1.29 is 17.9 Å². The Bertz CT molecular complexity index is 1170. The molecule has 0 amide bonds. The summed E-state index contributed by atoms with van der Waals surface area (Å²) in [5.74, 6) is -1.67. The van der Waals surface area contributed by atoms with E-state index in [0.717, 1.165) is 24.8 Å². The van der Waals surface area contributed by atoms with Crippen molar-refractivity contribution in [3.05, 3.63) is 108 Å². The van der Waals surface area contributed by atoms with E-state index in [1.807, 2.05) is 31.2 Å². The van der Waals surface area contributed by atoms with Gasteiger partial charge in [0.1, 0.15) is 5.82 Å². The van der Waals surface area contributed by atoms with Crippen LogP contribution in [0.1, 0.15) is 43.4 Å². The van der Waals surface area contributed by atoms with Crippen molar-refractivity contribution in [1.29, 1.82) is 0 Å². The van der Waals surface area contributed by atoms with Gasteiger partial charge in [-0.05, 0) is 54.0 Å². The molecule has 3 aromatic rings. The zero-order valence-corrected chi connectivity index (χ0v) is 19.4. The van der Waals surface area contributed by atoms with Crippen LogP contribution in [0.3, 0.4) is 0 Å². The predicted octanol–water partition coefficient (Wildman–Crippen LogP) is 8.60. The quantitative estimate of drug-likeness (QED) is 0.319. The topological polar surface area (TPSA) is 9.23 Å². The number of ether oxygens (including phenoxy) is 1. The minimum atomic E-state index is -0.864. The van der Waals surface area contributed by atoms with Crippen LogP contribution in [0.25, 0.3) is 22.3 Å². The molecule has 1 saturated heterocycles. The fourth-order valence-electron chi connectivity index (χ4n) is 4.36. The Hall–Kier alpha value is -3.11. The molecule has 0 N–H and O–H groups in total. The summed E-state index contributed by atoms with van der Waals surface area (Å²) in [6.07, 6.45) is 8.57. The average molecular weight is 463 g/mol. The minimum Gasteiger partial charge on any atom is -0.373 e. The highest BCUT2D eigenvalue weighted by molar-refractivity contribution is 5.71. The lowest BCUT2D eigenvalue weighted by molar-refractivity contribution is -0.00528. The van der Waals surface area contributed by atoms with Crippen LogP contribution in [0.4, 0.5) is 13.2 Å². The molecule has 2 atom stereocenters. The van der Waals surface area contributed by atoms with Crippen LogP contribution in [0.15, 0.2) is 79.4 Å². The van der Waals surface area contributed by atoms with Gasteiger partial charge in [0.2, 0.25) is 0 Å². The Labute approximate surface area is 199 Å². The van der Waals surface area contributed by atoms with Crippen molar-refractivity contribution in [3.8, 4) is 22.3 Å². The molecule has 1 heterocycles. The van der Waals surface area contributed by atoms with E-state index in [1.165, 1.54) is 6.07 Å². The van der Waals surface area contributed by atoms with Crippen molar-refractivity contribution in [3.63, 3.8) is 0 Å². The summed E-state index contributed by atoms with van der Waals surface area (Å²) in [4.78, 5) is 0. The van der Waals surface area contributed by atoms with Gasteiger partial charge < -0.3 is 4.74 Å². The number of hydrogen-bond acceptors (Lipinski definition) is 1. The highest BCUT2D eigenvalue weighted by Gasteiger charge is 2.22. The lowest BCUT2D eigenvalue weighted by atomic mass is 9.93. The van der Waals surface area contributed by atoms with Gasteiger partial charge in [-0.25, -0.2) is 13.2 Å². The van der Waals surface area contributed by atoms with E-state index in [0.29, 0.717) is 41.2 Å². The summed E-state index contributed by atoms with van der Waals surface area (Å²) in [7, 11) is 0. The molecular weight excluding hydrogens is 433 g/mol. The molecule has 4 heteroatoms. The van der Waals surface area contributed by atoms with Gasteiger partial charge in [0.05, 0.1) is 12.7 Å². The SMILES string of the molecule is C=CC1CCC(c2ccc(-c3ccc(-c4ccc(C/C=C\CC)c(F)c4F)cc3)c(F)c2)OC1. The predicted molar refractivity (Wildman–Crippen MR) is 132 cm³/mol. The first kappa shape index (κ1) is 24.0. The number of benzene rings is 3. The standard InChI is InChI=1S/C30H29F3O/c1-3-5-6-7-23-13-16-26(30(33)29(23)32)22-11-9-21(10-12-22)25-15-14-24(18-27(25)31)28-17-8-20(4-2)19-34-28/h4-6,9-16,18,20,28H,2-3,7-8,17,19H2,1H3/b6-5-. The first-order valence-electron chi connectivity index (χ1n) is 11.8. The first-order valence-corrected chi connectivity index (χ1v) is 11.8. The van der Waals surface area contributed by atoms with Crippen molar-refractivity contribution in [2.75, 3.05) is 6.61 Å². The second-order valence-corrected chi connectivity index (χ2v) is 8.70. The fraction of sp³-hybridized carbons (Fsp3) is 0.267. The molecule has 1 fully saturated rings. The largest absolute Gasteiger partial charge is 0.373 e. The summed E-state index contributed by atoms with van der Waals surface area (Å²) >= 11 is 0. The molecule has 1 aliphatic rings. The van der Waals surface area contributed by atoms with Crippen molar-refractivity contribution in [2.24, 2.45) is 5.92 Å². The molecular formula is C30H29F3O. The van der Waals surface area contributed by atoms with E-state index < -0.39 is 11.6 Å². The van der Waals surface area contributed by atoms with Gasteiger partial charge in [0.15, 0.2) is 11.6 Å². The Morgan fingerprint density at radius 3 is 2.21 bits per heavy atom. The average Bonchev–Trinajstić information content (AvgIpc) is 2.87. The number of halogens is 3. The van der Waals surface area contributed by atoms with E-state index in [-0.39, 0.29) is 17.5 Å². The Morgan fingerprint density at radius 1 is 0.882 bits per heavy atom. The summed E-state index contributed by atoms with van der Waals surface area (Å²) in [5, 5.41) is 0. The highest BCUT2D eigenvalue weighted by atomic mass is 19.2. The summed E-state index contributed by atoms with van der Waals surface area (Å²) in [6.45, 7) is 6.41. The molecule has 3 aromatic carbocycles. The molecule has 0 aliphatic carbocycles. The van der Waals surface area contributed by atoms with Gasteiger partial charge in [-0.15, -0.1) is 6.58 Å². The van der Waals surface area contributed by atoms with E-state index in [4.69, 9.17) is 4.74 Å². The van der Waals surface area contributed by atoms with Crippen LogP contribution in [0, 0.1) is 23.4 Å². The van der Waals surface area contributed by atoms with Crippen LogP contribution in [0.2, 0.25) is 0 Å². The van der Waals surface area contributed by atoms with E-state index in [9.17, 15) is 13.2 Å². The van der Waals surface area contributed by atoms with Gasteiger partial charge in [-0.2, -0.15) is 0 Å². The van der Waals surface area contributed by atoms with Gasteiger partial charge in [0.25, 0.3) is 0 Å². The third kappa shape index (κ3) is 5.18. The van der Waals surface area contributed by atoms with Crippen LogP contribution in [-0.4, -0.2) is 6.61 Å². The fourth-order valence-corrected chi connectivity index (χ4v) is 4.36. The summed E-state index contributed by atoms with van der Waals surface area (Å²) < 4.78 is 50.1. The Kier molecular flexibility index (Phi) is 7.69. The molecule has 34 heavy (non-hydrogen) atoms. The Balaban J connectivity index is 1.52. The van der Waals surface area contributed by atoms with Crippen LogP contribution in [-0.2, 0) is 11.2 Å². The highest BCUT2D eigenvalue weighted by Crippen LogP contribution is 2.34. The van der Waals surface area contributed by atoms with Gasteiger partial charge in [-0.3, -0.25) is 0 Å². The summed E-state index contributed by atoms with van der Waals surface area (Å²) in [6, 6.07) is 15.2. The van der Waals surface area contributed by atoms with Crippen molar-refractivity contribution in [1.82, 2.24) is 0 Å². The van der Waals surface area contributed by atoms with Crippen molar-refractivity contribution >= 4 is 0 Å². The number of rotatable bonds is 7. The molecule has 1 nitrogen and oxygen atoms in total. The third-order valence-electron chi connectivity index (χ3n) is 6.42. The maximum absolute atomic E-state index is 15.0. The summed E-state index contributed by atoms with van der Waals surface area (Å²) in [5.41, 5.74) is 3.01. The Morgan fingerprint density at radius 2 is 1.59 bits per heavy atom. The number of allylic oxidation sites excluding steroid dienone is 2. The lowest BCUT2D eigenvalue weighted by Gasteiger charge is -2.27. The molecule has 0 bridgehead atoms. The molecule has 0 aromatic heterocycles. The van der Waals surface area contributed by atoms with E-state index >= 15 is 0 Å².